The number of nitrogens with one attached hydrogen (secondary N) is 2. The zero-order chi connectivity index (χ0) is 31.8. The Morgan fingerprint density at radius 1 is 0.778 bits per heavy atom. The molecule has 10 heteroatoms. The molecule has 0 amide bonds. The van der Waals surface area contributed by atoms with Gasteiger partial charge in [0.05, 0.1) is 0 Å². The summed E-state index contributed by atoms with van der Waals surface area (Å²) in [6.45, 7) is 0.510. The van der Waals surface area contributed by atoms with E-state index in [9.17, 15) is 19.5 Å². The molecular formula is C35H33N3O7. The number of H-pyrrole nitrogens is 1. The zero-order valence-electron chi connectivity index (χ0n) is 24.3. The van der Waals surface area contributed by atoms with Gasteiger partial charge in [-0.05, 0) is 72.1 Å². The van der Waals surface area contributed by atoms with Crippen LogP contribution in [-0.4, -0.2) is 52.2 Å². The van der Waals surface area contributed by atoms with Gasteiger partial charge in [0.1, 0.15) is 36.7 Å². The molecule has 0 saturated carbocycles. The lowest BCUT2D eigenvalue weighted by atomic mass is 9.90. The molecule has 6 N–H and O–H groups in total. The Morgan fingerprint density at radius 2 is 1.44 bits per heavy atom. The lowest BCUT2D eigenvalue weighted by Crippen LogP contribution is -2.32. The quantitative estimate of drug-likeness (QED) is 0.0591. The number of fused-ring (bicyclic) bond motifs is 1. The number of ether oxygens (including phenoxy) is 2. The number of ketones is 1. The van der Waals surface area contributed by atoms with Crippen LogP contribution >= 0.6 is 0 Å². The zero-order valence-corrected chi connectivity index (χ0v) is 24.3. The molecule has 2 unspecified atom stereocenters. The Labute approximate surface area is 259 Å². The highest BCUT2D eigenvalue weighted by molar-refractivity contribution is 6.11. The third-order valence-corrected chi connectivity index (χ3v) is 7.34. The van der Waals surface area contributed by atoms with Gasteiger partial charge in [-0.1, -0.05) is 42.5 Å². The molecule has 0 bridgehead atoms. The highest BCUT2D eigenvalue weighted by Crippen LogP contribution is 2.27. The summed E-state index contributed by atoms with van der Waals surface area (Å²) in [5.74, 6) is -2.81. The Morgan fingerprint density at radius 3 is 2.16 bits per heavy atom. The summed E-state index contributed by atoms with van der Waals surface area (Å²) >= 11 is 0. The smallest absolute Gasteiger partial charge is 0.320 e. The van der Waals surface area contributed by atoms with Crippen molar-refractivity contribution >= 4 is 40.0 Å². The molecule has 230 valence electrons. The van der Waals surface area contributed by atoms with E-state index in [2.05, 4.69) is 10.3 Å². The van der Waals surface area contributed by atoms with Crippen LogP contribution in [0.25, 0.3) is 10.9 Å². The molecule has 5 aromatic rings. The standard InChI is InChI=1S/C35H33N3O7/c36-30(35(42)43)19-23-21-37-31-15-14-26(20-28(23)31)45-17-16-44-25-12-10-22(11-13-25)18-29(34(40)41)33(39)27-8-4-5-9-32(27)38-24-6-2-1-3-7-24/h1-15,20-21,29-30,37-38H,16-19,36H2,(H,40,41)(H,42,43). The van der Waals surface area contributed by atoms with E-state index in [1.807, 2.05) is 48.5 Å². The second-order valence-corrected chi connectivity index (χ2v) is 10.5. The molecule has 0 aliphatic rings. The maximum Gasteiger partial charge on any atom is 0.320 e. The van der Waals surface area contributed by atoms with Gasteiger partial charge in [-0.25, -0.2) is 0 Å². The van der Waals surface area contributed by atoms with E-state index >= 15 is 0 Å². The number of aliphatic carboxylic acids is 2. The van der Waals surface area contributed by atoms with Crippen molar-refractivity contribution in [3.8, 4) is 11.5 Å². The van der Waals surface area contributed by atoms with E-state index in [1.165, 1.54) is 0 Å². The Hall–Kier alpha value is -5.61. The molecule has 1 aromatic heterocycles. The second-order valence-electron chi connectivity index (χ2n) is 10.5. The number of hydrogen-bond acceptors (Lipinski definition) is 7. The van der Waals surface area contributed by atoms with Crippen molar-refractivity contribution in [1.29, 1.82) is 0 Å². The van der Waals surface area contributed by atoms with Crippen LogP contribution in [0.3, 0.4) is 0 Å². The summed E-state index contributed by atoms with van der Waals surface area (Å²) in [5, 5.41) is 23.1. The van der Waals surface area contributed by atoms with Crippen LogP contribution in [0, 0.1) is 5.92 Å². The van der Waals surface area contributed by atoms with Gasteiger partial charge in [0, 0.05) is 40.5 Å². The van der Waals surface area contributed by atoms with Gasteiger partial charge in [0.25, 0.3) is 0 Å². The summed E-state index contributed by atoms with van der Waals surface area (Å²) < 4.78 is 11.6. The first kappa shape index (κ1) is 30.8. The fourth-order valence-corrected chi connectivity index (χ4v) is 4.98. The number of carbonyl (C=O) groups excluding carboxylic acids is 1. The fraction of sp³-hybridized carbons (Fsp3) is 0.171. The van der Waals surface area contributed by atoms with Crippen molar-refractivity contribution < 1.29 is 34.1 Å². The van der Waals surface area contributed by atoms with Gasteiger partial charge < -0.3 is 35.7 Å². The number of aromatic nitrogens is 1. The maximum atomic E-state index is 13.4. The summed E-state index contributed by atoms with van der Waals surface area (Å²) in [6, 6.07) is 27.7. The number of rotatable bonds is 15. The summed E-state index contributed by atoms with van der Waals surface area (Å²) in [5.41, 5.74) is 9.67. The van der Waals surface area contributed by atoms with Gasteiger partial charge in [-0.3, -0.25) is 14.4 Å². The number of carboxylic acid groups (broad SMARTS) is 2. The molecule has 10 nitrogen and oxygen atoms in total. The number of carboxylic acids is 2. The van der Waals surface area contributed by atoms with Crippen molar-refractivity contribution in [2.24, 2.45) is 11.7 Å². The summed E-state index contributed by atoms with van der Waals surface area (Å²) in [4.78, 5) is 39.9. The molecule has 5 rings (SSSR count). The predicted molar refractivity (Wildman–Crippen MR) is 170 cm³/mol. The van der Waals surface area contributed by atoms with Crippen molar-refractivity contribution in [3.63, 3.8) is 0 Å². The molecule has 0 aliphatic carbocycles. The average molecular weight is 608 g/mol. The number of Topliss-reactive ketones (excluding diaryl/α,β-unsaturated/α-hetero) is 1. The minimum Gasteiger partial charge on any atom is -0.490 e. The van der Waals surface area contributed by atoms with E-state index in [4.69, 9.17) is 20.3 Å². The monoisotopic (exact) mass is 607 g/mol. The third kappa shape index (κ3) is 7.87. The minimum atomic E-state index is -1.26. The molecule has 0 radical (unpaired) electrons. The number of hydrogen-bond donors (Lipinski definition) is 5. The third-order valence-electron chi connectivity index (χ3n) is 7.34. The molecule has 2 atom stereocenters. The summed E-state index contributed by atoms with van der Waals surface area (Å²) in [7, 11) is 0. The molecule has 0 saturated heterocycles. The number of nitrogens with two attached hydrogens (primary N) is 1. The average Bonchev–Trinajstić information content (AvgIpc) is 3.44. The highest BCUT2D eigenvalue weighted by Gasteiger charge is 2.29. The number of para-hydroxylation sites is 2. The van der Waals surface area contributed by atoms with Gasteiger partial charge in [0.2, 0.25) is 0 Å². The second kappa shape index (κ2) is 14.2. The lowest BCUT2D eigenvalue weighted by Gasteiger charge is -2.16. The van der Waals surface area contributed by atoms with Crippen LogP contribution in [-0.2, 0) is 22.4 Å². The Kier molecular flexibility index (Phi) is 9.76. The number of carbonyl (C=O) groups is 3. The van der Waals surface area contributed by atoms with Crippen LogP contribution in [0.5, 0.6) is 11.5 Å². The van der Waals surface area contributed by atoms with Gasteiger partial charge in [-0.15, -0.1) is 0 Å². The predicted octanol–water partition coefficient (Wildman–Crippen LogP) is 5.45. The summed E-state index contributed by atoms with van der Waals surface area (Å²) in [6.07, 6.45) is 1.97. The van der Waals surface area contributed by atoms with Crippen molar-refractivity contribution in [2.75, 3.05) is 18.5 Å². The largest absolute Gasteiger partial charge is 0.490 e. The van der Waals surface area contributed by atoms with E-state index in [0.717, 1.165) is 22.2 Å². The topological polar surface area (TPSA) is 164 Å². The van der Waals surface area contributed by atoms with Crippen LogP contribution in [0.2, 0.25) is 0 Å². The highest BCUT2D eigenvalue weighted by atomic mass is 16.5. The number of anilines is 2. The van der Waals surface area contributed by atoms with Crippen molar-refractivity contribution in [3.05, 3.63) is 120 Å². The number of aromatic amines is 1. The van der Waals surface area contributed by atoms with E-state index in [0.29, 0.717) is 28.3 Å². The molecule has 0 aliphatic heterocycles. The maximum absolute atomic E-state index is 13.4. The first-order chi connectivity index (χ1) is 21.8. The lowest BCUT2D eigenvalue weighted by molar-refractivity contribution is -0.140. The normalized spacial score (nSPS) is 12.3. The molecule has 4 aromatic carbocycles. The molecule has 1 heterocycles. The molecule has 0 spiro atoms. The van der Waals surface area contributed by atoms with E-state index < -0.39 is 29.7 Å². The van der Waals surface area contributed by atoms with Crippen LogP contribution in [0.4, 0.5) is 11.4 Å². The first-order valence-electron chi connectivity index (χ1n) is 14.4. The minimum absolute atomic E-state index is 0.0260. The first-order valence-corrected chi connectivity index (χ1v) is 14.4. The van der Waals surface area contributed by atoms with Crippen LogP contribution < -0.4 is 20.5 Å². The van der Waals surface area contributed by atoms with Gasteiger partial charge >= 0.3 is 11.9 Å². The van der Waals surface area contributed by atoms with E-state index in [-0.39, 0.29) is 26.1 Å². The van der Waals surface area contributed by atoms with Crippen LogP contribution in [0.1, 0.15) is 21.5 Å². The molecule has 45 heavy (non-hydrogen) atoms. The molecular weight excluding hydrogens is 574 g/mol. The van der Waals surface area contributed by atoms with Gasteiger partial charge in [0.15, 0.2) is 5.78 Å². The SMILES string of the molecule is NC(Cc1c[nH]c2ccc(OCCOc3ccc(CC(C(=O)O)C(=O)c4ccccc4Nc4ccccc4)cc3)cc12)C(=O)O. The van der Waals surface area contributed by atoms with Crippen molar-refractivity contribution in [2.45, 2.75) is 18.9 Å². The Bertz CT molecular complexity index is 1780. The fourth-order valence-electron chi connectivity index (χ4n) is 4.98. The van der Waals surface area contributed by atoms with Crippen molar-refractivity contribution in [1.82, 2.24) is 4.98 Å². The molecule has 0 fully saturated rings. The number of benzene rings is 4. The van der Waals surface area contributed by atoms with Crippen LogP contribution in [0.15, 0.2) is 103 Å². The Balaban J connectivity index is 1.16. The van der Waals surface area contributed by atoms with Gasteiger partial charge in [-0.2, -0.15) is 0 Å². The van der Waals surface area contributed by atoms with E-state index in [1.54, 1.807) is 54.7 Å².